The van der Waals surface area contributed by atoms with Crippen LogP contribution in [0.3, 0.4) is 0 Å². The fourth-order valence-corrected chi connectivity index (χ4v) is 2.28. The van der Waals surface area contributed by atoms with Gasteiger partial charge in [-0.1, -0.05) is 0 Å². The van der Waals surface area contributed by atoms with Crippen LogP contribution in [0, 0.1) is 19.7 Å². The van der Waals surface area contributed by atoms with Crippen LogP contribution in [0.15, 0.2) is 28.7 Å². The third-order valence-electron chi connectivity index (χ3n) is 3.11. The first-order valence-electron chi connectivity index (χ1n) is 5.90. The Balaban J connectivity index is 1.91. The van der Waals surface area contributed by atoms with Crippen molar-refractivity contribution in [2.75, 3.05) is 11.9 Å². The zero-order valence-corrected chi connectivity index (χ0v) is 10.3. The van der Waals surface area contributed by atoms with E-state index in [1.807, 2.05) is 19.9 Å². The molecule has 1 aromatic carbocycles. The first kappa shape index (κ1) is 11.1. The quantitative estimate of drug-likeness (QED) is 0.836. The van der Waals surface area contributed by atoms with E-state index in [1.54, 1.807) is 6.07 Å². The molecule has 94 valence electrons. The van der Waals surface area contributed by atoms with Crippen LogP contribution in [0.25, 0.3) is 0 Å². The molecule has 3 nitrogen and oxygen atoms in total. The van der Waals surface area contributed by atoms with Gasteiger partial charge in [-0.2, -0.15) is 0 Å². The first-order valence-corrected chi connectivity index (χ1v) is 5.90. The van der Waals surface area contributed by atoms with Gasteiger partial charge in [0.1, 0.15) is 29.2 Å². The summed E-state index contributed by atoms with van der Waals surface area (Å²) in [4.78, 5) is 0. The molecule has 2 heterocycles. The Hall–Kier alpha value is -1.97. The molecule has 1 aromatic heterocycles. The molecule has 0 amide bonds. The second-order valence-electron chi connectivity index (χ2n) is 4.50. The van der Waals surface area contributed by atoms with Crippen molar-refractivity contribution in [2.24, 2.45) is 0 Å². The van der Waals surface area contributed by atoms with Gasteiger partial charge in [-0.05, 0) is 32.0 Å². The van der Waals surface area contributed by atoms with Gasteiger partial charge < -0.3 is 14.5 Å². The van der Waals surface area contributed by atoms with Crippen molar-refractivity contribution in [3.8, 4) is 5.75 Å². The van der Waals surface area contributed by atoms with Crippen LogP contribution in [-0.4, -0.2) is 6.54 Å². The molecule has 2 aromatic rings. The third kappa shape index (κ3) is 1.83. The van der Waals surface area contributed by atoms with Gasteiger partial charge in [0.05, 0.1) is 12.2 Å². The molecule has 4 heteroatoms. The molecular formula is C14H14FNO2. The lowest BCUT2D eigenvalue weighted by molar-refractivity contribution is 0.208. The summed E-state index contributed by atoms with van der Waals surface area (Å²) in [6, 6.07) is 6.47. The van der Waals surface area contributed by atoms with Gasteiger partial charge in [-0.15, -0.1) is 0 Å². The average Bonchev–Trinajstić information content (AvgIpc) is 2.68. The molecule has 0 fully saturated rings. The summed E-state index contributed by atoms with van der Waals surface area (Å²) in [5.74, 6) is 2.14. The number of aryl methyl sites for hydroxylation is 2. The topological polar surface area (TPSA) is 34.4 Å². The van der Waals surface area contributed by atoms with Gasteiger partial charge in [-0.3, -0.25) is 0 Å². The Morgan fingerprint density at radius 2 is 2.11 bits per heavy atom. The van der Waals surface area contributed by atoms with Gasteiger partial charge in [0.2, 0.25) is 0 Å². The van der Waals surface area contributed by atoms with Gasteiger partial charge in [-0.25, -0.2) is 4.39 Å². The number of halogens is 1. The standard InChI is InChI=1S/C14H14FNO2/c1-8-5-11(9(2)17-8)14-7-16-12-6-10(15)3-4-13(12)18-14/h3-6,14,16H,7H2,1-2H3. The van der Waals surface area contributed by atoms with E-state index in [4.69, 9.17) is 9.15 Å². The van der Waals surface area contributed by atoms with E-state index in [2.05, 4.69) is 5.32 Å². The van der Waals surface area contributed by atoms with Gasteiger partial charge in [0.25, 0.3) is 0 Å². The molecule has 0 saturated heterocycles. The lowest BCUT2D eigenvalue weighted by Gasteiger charge is -2.27. The van der Waals surface area contributed by atoms with E-state index >= 15 is 0 Å². The van der Waals surface area contributed by atoms with Crippen molar-refractivity contribution >= 4 is 5.69 Å². The third-order valence-corrected chi connectivity index (χ3v) is 3.11. The number of hydrogen-bond acceptors (Lipinski definition) is 3. The van der Waals surface area contributed by atoms with E-state index in [1.165, 1.54) is 12.1 Å². The summed E-state index contributed by atoms with van der Waals surface area (Å²) in [6.07, 6.45) is -0.0968. The SMILES string of the molecule is Cc1cc(C2CNc3cc(F)ccc3O2)c(C)o1. The van der Waals surface area contributed by atoms with Crippen LogP contribution >= 0.6 is 0 Å². The predicted octanol–water partition coefficient (Wildman–Crippen LogP) is 3.58. The molecule has 0 saturated carbocycles. The highest BCUT2D eigenvalue weighted by Gasteiger charge is 2.24. The number of fused-ring (bicyclic) bond motifs is 1. The van der Waals surface area contributed by atoms with Crippen molar-refractivity contribution in [1.29, 1.82) is 0 Å². The van der Waals surface area contributed by atoms with E-state index in [0.29, 0.717) is 18.0 Å². The Kier molecular flexibility index (Phi) is 2.51. The smallest absolute Gasteiger partial charge is 0.144 e. The van der Waals surface area contributed by atoms with Crippen molar-refractivity contribution < 1.29 is 13.5 Å². The largest absolute Gasteiger partial charge is 0.482 e. The summed E-state index contributed by atoms with van der Waals surface area (Å²) in [5.41, 5.74) is 1.74. The Morgan fingerprint density at radius 1 is 1.28 bits per heavy atom. The fourth-order valence-electron chi connectivity index (χ4n) is 2.28. The van der Waals surface area contributed by atoms with E-state index in [-0.39, 0.29) is 11.9 Å². The second-order valence-corrected chi connectivity index (χ2v) is 4.50. The molecule has 1 aliphatic rings. The maximum atomic E-state index is 13.1. The van der Waals surface area contributed by atoms with Crippen molar-refractivity contribution in [1.82, 2.24) is 0 Å². The monoisotopic (exact) mass is 247 g/mol. The summed E-state index contributed by atoms with van der Waals surface area (Å²) in [5, 5.41) is 3.18. The molecule has 3 rings (SSSR count). The van der Waals surface area contributed by atoms with Gasteiger partial charge >= 0.3 is 0 Å². The van der Waals surface area contributed by atoms with Crippen molar-refractivity contribution in [2.45, 2.75) is 20.0 Å². The molecule has 0 radical (unpaired) electrons. The second kappa shape index (κ2) is 4.05. The average molecular weight is 247 g/mol. The number of furan rings is 1. The molecule has 1 aliphatic heterocycles. The maximum absolute atomic E-state index is 13.1. The molecule has 1 unspecified atom stereocenters. The van der Waals surface area contributed by atoms with Crippen molar-refractivity contribution in [3.63, 3.8) is 0 Å². The maximum Gasteiger partial charge on any atom is 0.144 e. The number of anilines is 1. The van der Waals surface area contributed by atoms with Crippen LogP contribution < -0.4 is 10.1 Å². The van der Waals surface area contributed by atoms with Crippen LogP contribution in [0.1, 0.15) is 23.2 Å². The van der Waals surface area contributed by atoms with E-state index in [9.17, 15) is 4.39 Å². The summed E-state index contributed by atoms with van der Waals surface area (Å²) >= 11 is 0. The van der Waals surface area contributed by atoms with E-state index in [0.717, 1.165) is 17.1 Å². The molecule has 1 N–H and O–H groups in total. The number of nitrogens with one attached hydrogen (secondary N) is 1. The van der Waals surface area contributed by atoms with Gasteiger partial charge in [0, 0.05) is 11.6 Å². The van der Waals surface area contributed by atoms with E-state index < -0.39 is 0 Å². The Labute approximate surface area is 105 Å². The molecule has 1 atom stereocenters. The number of benzene rings is 1. The molecule has 0 spiro atoms. The zero-order chi connectivity index (χ0) is 12.7. The fraction of sp³-hybridized carbons (Fsp3) is 0.286. The van der Waals surface area contributed by atoms with Crippen molar-refractivity contribution in [3.05, 3.63) is 47.2 Å². The highest BCUT2D eigenvalue weighted by molar-refractivity contribution is 5.58. The minimum atomic E-state index is -0.265. The Bertz CT molecular complexity index is 591. The summed E-state index contributed by atoms with van der Waals surface area (Å²) < 4.78 is 24.5. The molecule has 18 heavy (non-hydrogen) atoms. The number of ether oxygens (including phenoxy) is 1. The Morgan fingerprint density at radius 3 is 2.83 bits per heavy atom. The molecular weight excluding hydrogens is 233 g/mol. The number of hydrogen-bond donors (Lipinski definition) is 1. The van der Waals surface area contributed by atoms with Crippen LogP contribution in [0.5, 0.6) is 5.75 Å². The lowest BCUT2D eigenvalue weighted by Crippen LogP contribution is -2.23. The van der Waals surface area contributed by atoms with Crippen LogP contribution in [0.4, 0.5) is 10.1 Å². The normalized spacial score (nSPS) is 17.8. The zero-order valence-electron chi connectivity index (χ0n) is 10.3. The minimum Gasteiger partial charge on any atom is -0.482 e. The summed E-state index contributed by atoms with van der Waals surface area (Å²) in [7, 11) is 0. The predicted molar refractivity (Wildman–Crippen MR) is 66.4 cm³/mol. The van der Waals surface area contributed by atoms with Crippen LogP contribution in [0.2, 0.25) is 0 Å². The molecule has 0 bridgehead atoms. The molecule has 0 aliphatic carbocycles. The summed E-state index contributed by atoms with van der Waals surface area (Å²) in [6.45, 7) is 4.44. The first-order chi connectivity index (χ1) is 8.63. The lowest BCUT2D eigenvalue weighted by atomic mass is 10.1. The number of rotatable bonds is 1. The highest BCUT2D eigenvalue weighted by Crippen LogP contribution is 2.36. The highest BCUT2D eigenvalue weighted by atomic mass is 19.1. The minimum absolute atomic E-state index is 0.0968. The van der Waals surface area contributed by atoms with Gasteiger partial charge in [0.15, 0.2) is 0 Å². The van der Waals surface area contributed by atoms with Crippen LogP contribution in [-0.2, 0) is 0 Å².